The van der Waals surface area contributed by atoms with E-state index in [0.29, 0.717) is 0 Å². The molecule has 0 amide bonds. The summed E-state index contributed by atoms with van der Waals surface area (Å²) in [6, 6.07) is 7.47. The first-order valence-corrected chi connectivity index (χ1v) is 7.01. The van der Waals surface area contributed by atoms with E-state index in [1.54, 1.807) is 10.9 Å². The normalized spacial score (nSPS) is 12.8. The number of imidazole rings is 1. The Labute approximate surface area is 126 Å². The van der Waals surface area contributed by atoms with Crippen molar-refractivity contribution in [3.63, 3.8) is 0 Å². The van der Waals surface area contributed by atoms with Crippen LogP contribution in [0.5, 0.6) is 0 Å². The highest BCUT2D eigenvalue weighted by Crippen LogP contribution is 2.25. The molecule has 0 aliphatic rings. The van der Waals surface area contributed by atoms with E-state index in [2.05, 4.69) is 4.98 Å². The standard InChI is InChI=1S/C17H16F2N2O/c1-10-6-14-15(7-11(10)2)21(9-20-14)8-16(22)17-12(18)4-3-5-13(17)19/h3-7,9,16,22H,8H2,1-2H3. The Bertz CT molecular complexity index is 822. The molecule has 2 aromatic carbocycles. The van der Waals surface area contributed by atoms with Gasteiger partial charge in [0, 0.05) is 0 Å². The molecule has 0 bridgehead atoms. The maximum atomic E-state index is 13.7. The van der Waals surface area contributed by atoms with Gasteiger partial charge in [0.25, 0.3) is 0 Å². The number of aliphatic hydroxyl groups is 1. The van der Waals surface area contributed by atoms with E-state index in [1.165, 1.54) is 6.07 Å². The number of nitrogens with zero attached hydrogens (tertiary/aromatic N) is 2. The van der Waals surface area contributed by atoms with Crippen molar-refractivity contribution in [3.8, 4) is 0 Å². The molecule has 1 N–H and O–H groups in total. The fraction of sp³-hybridized carbons (Fsp3) is 0.235. The number of hydrogen-bond acceptors (Lipinski definition) is 2. The first-order chi connectivity index (χ1) is 10.5. The summed E-state index contributed by atoms with van der Waals surface area (Å²) in [5.74, 6) is -1.49. The molecule has 3 nitrogen and oxygen atoms in total. The summed E-state index contributed by atoms with van der Waals surface area (Å²) in [6.45, 7) is 4.02. The Hall–Kier alpha value is -2.27. The van der Waals surface area contributed by atoms with Gasteiger partial charge in [0.1, 0.15) is 17.7 Å². The lowest BCUT2D eigenvalue weighted by atomic mass is 10.1. The van der Waals surface area contributed by atoms with Gasteiger partial charge < -0.3 is 9.67 Å². The number of aromatic nitrogens is 2. The molecule has 114 valence electrons. The average Bonchev–Trinajstić information content (AvgIpc) is 2.81. The van der Waals surface area contributed by atoms with E-state index < -0.39 is 17.7 Å². The minimum absolute atomic E-state index is 0.0385. The fourth-order valence-electron chi connectivity index (χ4n) is 2.57. The monoisotopic (exact) mass is 302 g/mol. The highest BCUT2D eigenvalue weighted by atomic mass is 19.1. The minimum atomic E-state index is -1.28. The maximum absolute atomic E-state index is 13.7. The second-order valence-electron chi connectivity index (χ2n) is 5.47. The molecule has 3 aromatic rings. The van der Waals surface area contributed by atoms with Crippen molar-refractivity contribution in [2.75, 3.05) is 0 Å². The Morgan fingerprint density at radius 1 is 1.14 bits per heavy atom. The summed E-state index contributed by atoms with van der Waals surface area (Å²) in [6.07, 6.45) is 0.297. The van der Waals surface area contributed by atoms with Gasteiger partial charge in [-0.1, -0.05) is 6.07 Å². The maximum Gasteiger partial charge on any atom is 0.132 e. The summed E-state index contributed by atoms with van der Waals surface area (Å²) in [4.78, 5) is 4.28. The van der Waals surface area contributed by atoms with Crippen molar-refractivity contribution >= 4 is 11.0 Å². The minimum Gasteiger partial charge on any atom is -0.386 e. The largest absolute Gasteiger partial charge is 0.386 e. The summed E-state index contributed by atoms with van der Waals surface area (Å²) >= 11 is 0. The van der Waals surface area contributed by atoms with Gasteiger partial charge in [-0.3, -0.25) is 0 Å². The summed E-state index contributed by atoms with van der Waals surface area (Å²) in [5, 5.41) is 10.2. The van der Waals surface area contributed by atoms with Crippen LogP contribution in [0.4, 0.5) is 8.78 Å². The molecule has 1 unspecified atom stereocenters. The highest BCUT2D eigenvalue weighted by Gasteiger charge is 2.19. The van der Waals surface area contributed by atoms with E-state index >= 15 is 0 Å². The summed E-state index contributed by atoms with van der Waals surface area (Å²) in [5.41, 5.74) is 3.54. The lowest BCUT2D eigenvalue weighted by Crippen LogP contribution is -2.11. The zero-order valence-corrected chi connectivity index (χ0v) is 12.3. The molecule has 0 fully saturated rings. The van der Waals surface area contributed by atoms with Crippen molar-refractivity contribution in [1.29, 1.82) is 0 Å². The van der Waals surface area contributed by atoms with Crippen LogP contribution >= 0.6 is 0 Å². The summed E-state index contributed by atoms with van der Waals surface area (Å²) < 4.78 is 29.2. The van der Waals surface area contributed by atoms with Crippen LogP contribution in [-0.2, 0) is 6.54 Å². The van der Waals surface area contributed by atoms with Gasteiger partial charge in [-0.25, -0.2) is 13.8 Å². The molecule has 0 radical (unpaired) electrons. The number of halogens is 2. The molecular formula is C17H16F2N2O. The molecule has 0 aliphatic heterocycles. The number of aryl methyl sites for hydroxylation is 2. The Morgan fingerprint density at radius 2 is 1.77 bits per heavy atom. The molecule has 5 heteroatoms. The lowest BCUT2D eigenvalue weighted by Gasteiger charge is -2.14. The third kappa shape index (κ3) is 2.48. The zero-order chi connectivity index (χ0) is 15.9. The molecule has 0 spiro atoms. The third-order valence-corrected chi connectivity index (χ3v) is 3.94. The topological polar surface area (TPSA) is 38.0 Å². The highest BCUT2D eigenvalue weighted by molar-refractivity contribution is 5.77. The molecule has 1 atom stereocenters. The second-order valence-corrected chi connectivity index (χ2v) is 5.47. The molecule has 0 aliphatic carbocycles. The first kappa shape index (κ1) is 14.7. The van der Waals surface area contributed by atoms with Crippen LogP contribution in [0.1, 0.15) is 22.8 Å². The molecule has 3 rings (SSSR count). The van der Waals surface area contributed by atoms with E-state index in [0.717, 1.165) is 34.3 Å². The smallest absolute Gasteiger partial charge is 0.132 e. The molecule has 22 heavy (non-hydrogen) atoms. The number of fused-ring (bicyclic) bond motifs is 1. The van der Waals surface area contributed by atoms with Crippen LogP contribution in [-0.4, -0.2) is 14.7 Å². The van der Waals surface area contributed by atoms with E-state index in [1.807, 2.05) is 26.0 Å². The van der Waals surface area contributed by atoms with Gasteiger partial charge in [0.15, 0.2) is 0 Å². The van der Waals surface area contributed by atoms with Gasteiger partial charge >= 0.3 is 0 Å². The quantitative estimate of drug-likeness (QED) is 0.801. The number of benzene rings is 2. The zero-order valence-electron chi connectivity index (χ0n) is 12.3. The van der Waals surface area contributed by atoms with Crippen molar-refractivity contribution in [2.45, 2.75) is 26.5 Å². The number of hydrogen-bond donors (Lipinski definition) is 1. The molecule has 1 aromatic heterocycles. The predicted octanol–water partition coefficient (Wildman–Crippen LogP) is 3.66. The third-order valence-electron chi connectivity index (χ3n) is 3.94. The lowest BCUT2D eigenvalue weighted by molar-refractivity contribution is 0.148. The average molecular weight is 302 g/mol. The predicted molar refractivity (Wildman–Crippen MR) is 80.5 cm³/mol. The number of rotatable bonds is 3. The molecule has 0 saturated carbocycles. The van der Waals surface area contributed by atoms with Crippen LogP contribution in [0.25, 0.3) is 11.0 Å². The van der Waals surface area contributed by atoms with Gasteiger partial charge in [-0.2, -0.15) is 0 Å². The Balaban J connectivity index is 1.98. The van der Waals surface area contributed by atoms with E-state index in [4.69, 9.17) is 0 Å². The Kier molecular flexibility index (Phi) is 3.66. The van der Waals surface area contributed by atoms with Crippen LogP contribution < -0.4 is 0 Å². The van der Waals surface area contributed by atoms with E-state index in [-0.39, 0.29) is 12.1 Å². The number of aliphatic hydroxyl groups excluding tert-OH is 1. The van der Waals surface area contributed by atoms with Gasteiger partial charge in [-0.05, 0) is 49.2 Å². The van der Waals surface area contributed by atoms with Crippen molar-refractivity contribution in [1.82, 2.24) is 9.55 Å². The van der Waals surface area contributed by atoms with E-state index in [9.17, 15) is 13.9 Å². The van der Waals surface area contributed by atoms with Crippen LogP contribution in [0.15, 0.2) is 36.7 Å². The van der Waals surface area contributed by atoms with Crippen LogP contribution in [0.3, 0.4) is 0 Å². The SMILES string of the molecule is Cc1cc2ncn(CC(O)c3c(F)cccc3F)c2cc1C. The molecular weight excluding hydrogens is 286 g/mol. The van der Waals surface area contributed by atoms with Crippen LogP contribution in [0.2, 0.25) is 0 Å². The Morgan fingerprint density at radius 3 is 2.45 bits per heavy atom. The summed E-state index contributed by atoms with van der Waals surface area (Å²) in [7, 11) is 0. The van der Waals surface area contributed by atoms with Crippen LogP contribution in [0, 0.1) is 25.5 Å². The van der Waals surface area contributed by atoms with Gasteiger partial charge in [-0.15, -0.1) is 0 Å². The van der Waals surface area contributed by atoms with Crippen molar-refractivity contribution < 1.29 is 13.9 Å². The van der Waals surface area contributed by atoms with Crippen molar-refractivity contribution in [3.05, 3.63) is 65.0 Å². The van der Waals surface area contributed by atoms with Gasteiger partial charge in [0.05, 0.1) is 29.5 Å². The van der Waals surface area contributed by atoms with Crippen molar-refractivity contribution in [2.24, 2.45) is 0 Å². The van der Waals surface area contributed by atoms with Gasteiger partial charge in [0.2, 0.25) is 0 Å². The first-order valence-electron chi connectivity index (χ1n) is 7.01. The molecule has 0 saturated heterocycles. The second kappa shape index (κ2) is 5.50. The molecule has 1 heterocycles. The fourth-order valence-corrected chi connectivity index (χ4v) is 2.57.